The number of nitro benzene ring substituents is 1. The van der Waals surface area contributed by atoms with Gasteiger partial charge in [-0.3, -0.25) is 10.1 Å². The quantitative estimate of drug-likeness (QED) is 0.684. The molecule has 0 saturated heterocycles. The highest BCUT2D eigenvalue weighted by atomic mass is 19.1. The summed E-state index contributed by atoms with van der Waals surface area (Å²) in [5.74, 6) is -2.53. The van der Waals surface area contributed by atoms with Gasteiger partial charge >= 0.3 is 5.97 Å². The number of carboxylic acid groups (broad SMARTS) is 1. The number of carbonyl (C=O) groups is 1. The standard InChI is InChI=1S/C13H8FNO5/c14-10-3-1-2-4-11(10)20-12-7-8(15(18)19)5-6-9(12)13(16)17/h1-7H,(H,16,17). The van der Waals surface area contributed by atoms with E-state index in [1.165, 1.54) is 18.2 Å². The molecule has 2 aromatic carbocycles. The third-order valence-electron chi connectivity index (χ3n) is 2.46. The van der Waals surface area contributed by atoms with Gasteiger partial charge in [-0.05, 0) is 18.2 Å². The first-order valence-corrected chi connectivity index (χ1v) is 5.43. The van der Waals surface area contributed by atoms with Gasteiger partial charge in [0.15, 0.2) is 11.6 Å². The first-order chi connectivity index (χ1) is 9.49. The van der Waals surface area contributed by atoms with Crippen molar-refractivity contribution in [3.05, 3.63) is 64.0 Å². The van der Waals surface area contributed by atoms with E-state index in [0.717, 1.165) is 24.3 Å². The predicted octanol–water partition coefficient (Wildman–Crippen LogP) is 3.22. The number of hydrogen-bond donors (Lipinski definition) is 1. The zero-order valence-corrected chi connectivity index (χ0v) is 9.95. The molecule has 0 aliphatic rings. The van der Waals surface area contributed by atoms with E-state index in [-0.39, 0.29) is 22.7 Å². The van der Waals surface area contributed by atoms with Crippen LogP contribution in [0.5, 0.6) is 11.5 Å². The van der Waals surface area contributed by atoms with Gasteiger partial charge in [0.25, 0.3) is 5.69 Å². The van der Waals surface area contributed by atoms with Crippen molar-refractivity contribution in [3.63, 3.8) is 0 Å². The molecule has 0 bridgehead atoms. The minimum absolute atomic E-state index is 0.213. The van der Waals surface area contributed by atoms with Gasteiger partial charge in [-0.15, -0.1) is 0 Å². The summed E-state index contributed by atoms with van der Waals surface area (Å²) in [6.45, 7) is 0. The van der Waals surface area contributed by atoms with Crippen LogP contribution in [0.4, 0.5) is 10.1 Å². The molecule has 0 aliphatic carbocycles. The molecule has 0 aromatic heterocycles. The molecule has 2 rings (SSSR count). The van der Waals surface area contributed by atoms with Crippen molar-refractivity contribution in [2.75, 3.05) is 0 Å². The van der Waals surface area contributed by atoms with Crippen molar-refractivity contribution >= 4 is 11.7 Å². The first kappa shape index (κ1) is 13.5. The molecular weight excluding hydrogens is 269 g/mol. The maximum atomic E-state index is 13.5. The van der Waals surface area contributed by atoms with Gasteiger partial charge in [-0.25, -0.2) is 9.18 Å². The number of nitrogens with zero attached hydrogens (tertiary/aromatic N) is 1. The molecular formula is C13H8FNO5. The fourth-order valence-electron chi connectivity index (χ4n) is 1.53. The summed E-state index contributed by atoms with van der Waals surface area (Å²) in [6, 6.07) is 8.38. The normalized spacial score (nSPS) is 10.1. The van der Waals surface area contributed by atoms with Gasteiger partial charge in [0.1, 0.15) is 11.3 Å². The van der Waals surface area contributed by atoms with Gasteiger partial charge in [-0.1, -0.05) is 12.1 Å². The van der Waals surface area contributed by atoms with E-state index in [1.807, 2.05) is 0 Å². The van der Waals surface area contributed by atoms with Crippen LogP contribution in [-0.2, 0) is 0 Å². The number of non-ortho nitro benzene ring substituents is 1. The number of aromatic carboxylic acids is 1. The van der Waals surface area contributed by atoms with Gasteiger partial charge in [0.05, 0.1) is 11.0 Å². The average molecular weight is 277 g/mol. The monoisotopic (exact) mass is 277 g/mol. The Morgan fingerprint density at radius 1 is 1.20 bits per heavy atom. The Kier molecular flexibility index (Phi) is 3.60. The van der Waals surface area contributed by atoms with Crippen LogP contribution < -0.4 is 4.74 Å². The van der Waals surface area contributed by atoms with Gasteiger partial charge in [0, 0.05) is 6.07 Å². The molecule has 2 aromatic rings. The molecule has 102 valence electrons. The molecule has 0 aliphatic heterocycles. The van der Waals surface area contributed by atoms with Crippen molar-refractivity contribution < 1.29 is 24.0 Å². The second-order valence-corrected chi connectivity index (χ2v) is 3.78. The molecule has 0 unspecified atom stereocenters. The Hall–Kier alpha value is -2.96. The van der Waals surface area contributed by atoms with Gasteiger partial charge in [-0.2, -0.15) is 0 Å². The second-order valence-electron chi connectivity index (χ2n) is 3.78. The summed E-state index contributed by atoms with van der Waals surface area (Å²) in [6.07, 6.45) is 0. The maximum Gasteiger partial charge on any atom is 0.339 e. The highest BCUT2D eigenvalue weighted by Crippen LogP contribution is 2.30. The summed E-state index contributed by atoms with van der Waals surface area (Å²) in [4.78, 5) is 21.0. The lowest BCUT2D eigenvalue weighted by Gasteiger charge is -2.09. The number of rotatable bonds is 4. The SMILES string of the molecule is O=C(O)c1ccc([N+](=O)[O-])cc1Oc1ccccc1F. The summed E-state index contributed by atoms with van der Waals surface area (Å²) in [5, 5.41) is 19.7. The molecule has 0 amide bonds. The molecule has 0 fully saturated rings. The van der Waals surface area contributed by atoms with Crippen molar-refractivity contribution in [1.29, 1.82) is 0 Å². The van der Waals surface area contributed by atoms with Gasteiger partial charge in [0.2, 0.25) is 0 Å². The lowest BCUT2D eigenvalue weighted by Crippen LogP contribution is -2.01. The van der Waals surface area contributed by atoms with Crippen LogP contribution in [0, 0.1) is 15.9 Å². The van der Waals surface area contributed by atoms with Crippen LogP contribution >= 0.6 is 0 Å². The minimum Gasteiger partial charge on any atom is -0.478 e. The lowest BCUT2D eigenvalue weighted by atomic mass is 10.2. The molecule has 0 saturated carbocycles. The topological polar surface area (TPSA) is 89.7 Å². The number of halogens is 1. The van der Waals surface area contributed by atoms with Gasteiger partial charge < -0.3 is 9.84 Å². The Balaban J connectivity index is 2.48. The highest BCUT2D eigenvalue weighted by Gasteiger charge is 2.18. The van der Waals surface area contributed by atoms with Crippen molar-refractivity contribution in [3.8, 4) is 11.5 Å². The molecule has 1 N–H and O–H groups in total. The maximum absolute atomic E-state index is 13.5. The molecule has 0 atom stereocenters. The number of ether oxygens (including phenoxy) is 1. The number of carboxylic acids is 1. The van der Waals surface area contributed by atoms with Crippen LogP contribution in [0.1, 0.15) is 10.4 Å². The van der Waals surface area contributed by atoms with E-state index >= 15 is 0 Å². The highest BCUT2D eigenvalue weighted by molar-refractivity contribution is 5.91. The Morgan fingerprint density at radius 2 is 1.90 bits per heavy atom. The van der Waals surface area contributed by atoms with E-state index in [2.05, 4.69) is 0 Å². The van der Waals surface area contributed by atoms with E-state index in [0.29, 0.717) is 0 Å². The molecule has 20 heavy (non-hydrogen) atoms. The third kappa shape index (κ3) is 2.72. The van der Waals surface area contributed by atoms with E-state index < -0.39 is 16.7 Å². The fourth-order valence-corrected chi connectivity index (χ4v) is 1.53. The van der Waals surface area contributed by atoms with Crippen LogP contribution in [0.2, 0.25) is 0 Å². The Labute approximate surface area is 112 Å². The van der Waals surface area contributed by atoms with Crippen molar-refractivity contribution in [2.45, 2.75) is 0 Å². The van der Waals surface area contributed by atoms with E-state index in [4.69, 9.17) is 9.84 Å². The zero-order valence-electron chi connectivity index (χ0n) is 9.95. The van der Waals surface area contributed by atoms with Crippen molar-refractivity contribution in [1.82, 2.24) is 0 Å². The van der Waals surface area contributed by atoms with Crippen LogP contribution in [0.25, 0.3) is 0 Å². The molecule has 0 heterocycles. The fraction of sp³-hybridized carbons (Fsp3) is 0. The second kappa shape index (κ2) is 5.35. The summed E-state index contributed by atoms with van der Waals surface area (Å²) in [5.41, 5.74) is -0.639. The van der Waals surface area contributed by atoms with Crippen LogP contribution in [0.15, 0.2) is 42.5 Å². The predicted molar refractivity (Wildman–Crippen MR) is 66.5 cm³/mol. The van der Waals surface area contributed by atoms with Crippen LogP contribution in [0.3, 0.4) is 0 Å². The van der Waals surface area contributed by atoms with E-state index in [1.54, 1.807) is 0 Å². The average Bonchev–Trinajstić information content (AvgIpc) is 2.41. The molecule has 7 heteroatoms. The Morgan fingerprint density at radius 3 is 2.50 bits per heavy atom. The smallest absolute Gasteiger partial charge is 0.339 e. The lowest BCUT2D eigenvalue weighted by molar-refractivity contribution is -0.384. The largest absolute Gasteiger partial charge is 0.478 e. The number of para-hydroxylation sites is 1. The summed E-state index contributed by atoms with van der Waals surface area (Å²) in [7, 11) is 0. The third-order valence-corrected chi connectivity index (χ3v) is 2.46. The van der Waals surface area contributed by atoms with E-state index in [9.17, 15) is 19.3 Å². The van der Waals surface area contributed by atoms with Crippen LogP contribution in [-0.4, -0.2) is 16.0 Å². The first-order valence-electron chi connectivity index (χ1n) is 5.43. The molecule has 0 spiro atoms. The van der Waals surface area contributed by atoms with Crippen molar-refractivity contribution in [2.24, 2.45) is 0 Å². The minimum atomic E-state index is -1.33. The summed E-state index contributed by atoms with van der Waals surface area (Å²) < 4.78 is 18.6. The summed E-state index contributed by atoms with van der Waals surface area (Å²) >= 11 is 0. The zero-order chi connectivity index (χ0) is 14.7. The number of benzene rings is 2. The molecule has 0 radical (unpaired) electrons. The number of hydrogen-bond acceptors (Lipinski definition) is 4. The number of nitro groups is 1. The Bertz CT molecular complexity index is 686. The molecule has 6 nitrogen and oxygen atoms in total.